The van der Waals surface area contributed by atoms with Gasteiger partial charge in [-0.2, -0.15) is 15.0 Å². The molecule has 0 bridgehead atoms. The first-order chi connectivity index (χ1) is 57.7. The fraction of sp³-hybridized carbons (Fsp3) is 0.517. The number of rotatable bonds is 21. The second kappa shape index (κ2) is 37.7. The van der Waals surface area contributed by atoms with Gasteiger partial charge < -0.3 is 74.3 Å². The van der Waals surface area contributed by atoms with Crippen molar-refractivity contribution in [3.8, 4) is 17.2 Å². The van der Waals surface area contributed by atoms with Crippen LogP contribution in [0.4, 0.5) is 69.4 Å². The Kier molecular flexibility index (Phi) is 27.2. The topological polar surface area (TPSA) is 319 Å². The molecule has 3 aromatic heterocycles. The SMILES string of the molecule is C=CC1(C)CN(C2CCCC2)c2nc(Nc3ccc(C(=O)NN4CCN(C)CC4)cc3OC)ncc2N(C)C1=O.C=C[C@@]1(C)CN(C2CCCC2)c2nc(Nc3ccc(C(=O)NN4CCN(C)CC4)cc3OC)ncc2N(C)C1=O.C=C[C@]1(C)CN(C2CCCC2)c2nc(Nc3ccc(C(=O)NN4CCN(C)CC4)cc3OC)ncc2N(C)C1=O. The number of nitrogens with zero attached hydrogens (tertiary/aromatic N) is 18. The summed E-state index contributed by atoms with van der Waals surface area (Å²) < 4.78 is 16.9. The van der Waals surface area contributed by atoms with E-state index in [1.54, 1.807) is 149 Å². The second-order valence-corrected chi connectivity index (χ2v) is 33.7. The summed E-state index contributed by atoms with van der Waals surface area (Å²) in [5, 5.41) is 15.7. The van der Waals surface area contributed by atoms with Crippen LogP contribution in [0.3, 0.4) is 0 Å². The first kappa shape index (κ1) is 86.7. The number of nitrogens with one attached hydrogen (secondary N) is 6. The summed E-state index contributed by atoms with van der Waals surface area (Å²) in [5.74, 6) is 4.24. The molecule has 3 atom stereocenters. The number of anilines is 12. The van der Waals surface area contributed by atoms with Crippen molar-refractivity contribution in [3.63, 3.8) is 0 Å². The minimum Gasteiger partial charge on any atom is -0.495 e. The summed E-state index contributed by atoms with van der Waals surface area (Å²) in [4.78, 5) is 126. The fourth-order valence-electron chi connectivity index (χ4n) is 17.1. The van der Waals surface area contributed by atoms with E-state index >= 15 is 0 Å². The third-order valence-electron chi connectivity index (χ3n) is 25.1. The third kappa shape index (κ3) is 19.2. The second-order valence-electron chi connectivity index (χ2n) is 33.7. The van der Waals surface area contributed by atoms with E-state index < -0.39 is 16.2 Å². The molecule has 33 heteroatoms. The number of likely N-dealkylation sites (N-methyl/N-ethyl adjacent to an activating group) is 3. The van der Waals surface area contributed by atoms with Crippen LogP contribution in [0.1, 0.15) is 129 Å². The average molecular weight is 1650 g/mol. The molecular formula is C87H120N24O9. The number of benzene rings is 3. The van der Waals surface area contributed by atoms with Gasteiger partial charge in [0.1, 0.15) is 34.3 Å². The zero-order valence-corrected chi connectivity index (χ0v) is 71.8. The summed E-state index contributed by atoms with van der Waals surface area (Å²) in [6.07, 6.45) is 23.6. The lowest BCUT2D eigenvalue weighted by Gasteiger charge is -2.34. The van der Waals surface area contributed by atoms with Gasteiger partial charge in [-0.05, 0) is 135 Å². The normalized spacial score (nSPS) is 22.6. The van der Waals surface area contributed by atoms with Crippen LogP contribution in [0.25, 0.3) is 0 Å². The Bertz CT molecular complexity index is 4280. The molecule has 6 N–H and O–H groups in total. The summed E-state index contributed by atoms with van der Waals surface area (Å²) in [6.45, 7) is 29.4. The van der Waals surface area contributed by atoms with E-state index in [1.165, 1.54) is 0 Å². The van der Waals surface area contributed by atoms with Gasteiger partial charge in [0.25, 0.3) is 17.7 Å². The minimum atomic E-state index is -0.741. The number of hydrogen-bond acceptors (Lipinski definition) is 27. The van der Waals surface area contributed by atoms with Crippen molar-refractivity contribution in [3.05, 3.63) is 128 Å². The van der Waals surface area contributed by atoms with E-state index in [0.717, 1.165) is 173 Å². The van der Waals surface area contributed by atoms with Crippen molar-refractivity contribution in [2.24, 2.45) is 16.2 Å². The number of carbonyl (C=O) groups excluding carboxylic acids is 6. The maximum absolute atomic E-state index is 13.4. The fourth-order valence-corrected chi connectivity index (χ4v) is 17.1. The Morgan fingerprint density at radius 3 is 0.858 bits per heavy atom. The number of ether oxygens (including phenoxy) is 3. The number of hydrazine groups is 3. The molecular weight excluding hydrogens is 1530 g/mol. The van der Waals surface area contributed by atoms with Gasteiger partial charge in [0.15, 0.2) is 17.5 Å². The molecule has 642 valence electrons. The van der Waals surface area contributed by atoms with E-state index in [4.69, 9.17) is 29.2 Å². The number of fused-ring (bicyclic) bond motifs is 3. The van der Waals surface area contributed by atoms with E-state index in [1.807, 2.05) is 35.8 Å². The Labute approximate surface area is 704 Å². The van der Waals surface area contributed by atoms with Gasteiger partial charge in [-0.3, -0.25) is 45.0 Å². The van der Waals surface area contributed by atoms with E-state index in [9.17, 15) is 28.8 Å². The number of methoxy groups -OCH3 is 3. The van der Waals surface area contributed by atoms with E-state index in [2.05, 4.69) is 117 Å². The van der Waals surface area contributed by atoms with E-state index in [0.29, 0.717) is 124 Å². The summed E-state index contributed by atoms with van der Waals surface area (Å²) >= 11 is 0. The van der Waals surface area contributed by atoms with Crippen LogP contribution in [-0.2, 0) is 14.4 Å². The monoisotopic (exact) mass is 1640 g/mol. The van der Waals surface area contributed by atoms with Gasteiger partial charge in [-0.25, -0.2) is 30.0 Å². The molecule has 15 rings (SSSR count). The minimum absolute atomic E-state index is 0.0272. The Morgan fingerprint density at radius 1 is 0.392 bits per heavy atom. The van der Waals surface area contributed by atoms with Crippen LogP contribution in [0.2, 0.25) is 0 Å². The van der Waals surface area contributed by atoms with Crippen LogP contribution in [0.5, 0.6) is 17.2 Å². The summed E-state index contributed by atoms with van der Waals surface area (Å²) in [5.41, 5.74) is 12.2. The maximum atomic E-state index is 13.4. The molecule has 6 aromatic rings. The molecule has 3 aromatic carbocycles. The highest BCUT2D eigenvalue weighted by molar-refractivity contribution is 6.05. The molecule has 1 unspecified atom stereocenters. The summed E-state index contributed by atoms with van der Waals surface area (Å²) in [6, 6.07) is 16.7. The van der Waals surface area contributed by atoms with Crippen molar-refractivity contribution < 1.29 is 43.0 Å². The van der Waals surface area contributed by atoms with Gasteiger partial charge in [-0.15, -0.1) is 19.7 Å². The predicted molar refractivity (Wildman–Crippen MR) is 468 cm³/mol. The number of carbonyl (C=O) groups is 6. The maximum Gasteiger partial charge on any atom is 0.265 e. The molecule has 6 fully saturated rings. The Balaban J connectivity index is 0.000000156. The Morgan fingerprint density at radius 2 is 0.633 bits per heavy atom. The smallest absolute Gasteiger partial charge is 0.265 e. The number of piperazine rings is 3. The molecule has 120 heavy (non-hydrogen) atoms. The van der Waals surface area contributed by atoms with Gasteiger partial charge in [-0.1, -0.05) is 56.8 Å². The standard InChI is InChI=1S/3C29H40N8O3/c3*1-6-29(2)19-37(21-9-7-8-10-21)25-23(35(4)27(29)39)18-30-28(32-25)31-22-12-11-20(17-24(22)40-5)26(38)33-36-15-13-34(3)14-16-36/h3*6,11-12,17-18,21H,1,7-10,13-16,19H2,2-5H3,(H,33,38)(H,30,31,32)/t2*29-;/m10./s1. The van der Waals surface area contributed by atoms with Crippen molar-refractivity contribution in [1.82, 2.24) is 75.9 Å². The first-order valence-electron chi connectivity index (χ1n) is 41.9. The number of aromatic nitrogens is 6. The molecule has 9 aliphatic rings. The Hall–Kier alpha value is -11.1. The van der Waals surface area contributed by atoms with Crippen LogP contribution in [0.15, 0.2) is 111 Å². The largest absolute Gasteiger partial charge is 0.495 e. The molecule has 33 nitrogen and oxygen atoms in total. The highest BCUT2D eigenvalue weighted by atomic mass is 16.5. The zero-order chi connectivity index (χ0) is 85.3. The zero-order valence-electron chi connectivity index (χ0n) is 71.8. The van der Waals surface area contributed by atoms with Gasteiger partial charge in [0, 0.05) is 154 Å². The molecule has 9 heterocycles. The van der Waals surface area contributed by atoms with Gasteiger partial charge >= 0.3 is 0 Å². The van der Waals surface area contributed by atoms with Crippen LogP contribution >= 0.6 is 0 Å². The average Bonchev–Trinajstić information content (AvgIpc) is 1.61. The molecule has 0 radical (unpaired) electrons. The first-order valence-corrected chi connectivity index (χ1v) is 41.9. The lowest BCUT2D eigenvalue weighted by Crippen LogP contribution is -2.52. The van der Waals surface area contributed by atoms with Gasteiger partial charge in [0.2, 0.25) is 35.6 Å². The van der Waals surface area contributed by atoms with Crippen LogP contribution < -0.4 is 75.8 Å². The summed E-state index contributed by atoms with van der Waals surface area (Å²) in [7, 11) is 16.2. The van der Waals surface area contributed by atoms with E-state index in [-0.39, 0.29) is 35.4 Å². The lowest BCUT2D eigenvalue weighted by molar-refractivity contribution is -0.125. The highest BCUT2D eigenvalue weighted by Gasteiger charge is 2.47. The van der Waals surface area contributed by atoms with Gasteiger partial charge in [0.05, 0.1) is 73.2 Å². The molecule has 6 amide bonds. The molecule has 3 aliphatic carbocycles. The van der Waals surface area contributed by atoms with Crippen molar-refractivity contribution in [2.45, 2.75) is 116 Å². The van der Waals surface area contributed by atoms with Crippen LogP contribution in [-0.4, -0.2) is 275 Å². The molecule has 0 spiro atoms. The lowest BCUT2D eigenvalue weighted by atomic mass is 9.88. The number of amides is 6. The highest BCUT2D eigenvalue weighted by Crippen LogP contribution is 2.46. The van der Waals surface area contributed by atoms with Crippen LogP contribution in [0, 0.1) is 16.2 Å². The number of hydrogen-bond donors (Lipinski definition) is 6. The predicted octanol–water partition coefficient (Wildman–Crippen LogP) is 9.12. The van der Waals surface area contributed by atoms with Crippen molar-refractivity contribution in [1.29, 1.82) is 0 Å². The molecule has 6 aliphatic heterocycles. The molecule has 3 saturated heterocycles. The van der Waals surface area contributed by atoms with Crippen molar-refractivity contribution in [2.75, 3.05) is 207 Å². The quantitative estimate of drug-likeness (QED) is 0.0366. The van der Waals surface area contributed by atoms with Crippen molar-refractivity contribution >= 4 is 105 Å². The molecule has 3 saturated carbocycles. The third-order valence-corrected chi connectivity index (χ3v) is 25.1.